The summed E-state index contributed by atoms with van der Waals surface area (Å²) in [5.74, 6) is -0.193. The van der Waals surface area contributed by atoms with Crippen LogP contribution in [0.15, 0.2) is 0 Å². The molecule has 0 fully saturated rings. The zero-order valence-electron chi connectivity index (χ0n) is 14.7. The van der Waals surface area contributed by atoms with Gasteiger partial charge in [-0.05, 0) is 34.1 Å². The van der Waals surface area contributed by atoms with Gasteiger partial charge in [-0.15, -0.1) is 11.6 Å². The minimum Gasteiger partial charge on any atom is -0.332 e. The van der Waals surface area contributed by atoms with Crippen LogP contribution < -0.4 is 5.32 Å². The van der Waals surface area contributed by atoms with Crippen LogP contribution in [0.25, 0.3) is 0 Å². The summed E-state index contributed by atoms with van der Waals surface area (Å²) in [7, 11) is -7.95. The second-order valence-electron chi connectivity index (χ2n) is 4.48. The number of nitrogens with one attached hydrogen (secondary N) is 1. The van der Waals surface area contributed by atoms with Gasteiger partial charge in [-0.3, -0.25) is 13.9 Å². The SMILES string of the molecule is CCOP(=O)(OCC)C(NC(=O)CCCCl)P(=O)(OCC)OCC. The van der Waals surface area contributed by atoms with Gasteiger partial charge < -0.3 is 23.4 Å². The first kappa shape index (κ1) is 24.1. The van der Waals surface area contributed by atoms with Gasteiger partial charge in [0.25, 0.3) is 0 Å². The summed E-state index contributed by atoms with van der Waals surface area (Å²) in [6.07, 6.45) is 0.498. The van der Waals surface area contributed by atoms with Crippen molar-refractivity contribution in [1.29, 1.82) is 0 Å². The fourth-order valence-corrected chi connectivity index (χ4v) is 6.93. The van der Waals surface area contributed by atoms with Gasteiger partial charge in [0, 0.05) is 12.3 Å². The van der Waals surface area contributed by atoms with E-state index >= 15 is 0 Å². The molecule has 0 spiro atoms. The Morgan fingerprint density at radius 3 is 1.58 bits per heavy atom. The molecule has 1 amide bonds. The average Bonchev–Trinajstić information content (AvgIpc) is 2.51. The maximum absolute atomic E-state index is 13.1. The second kappa shape index (κ2) is 12.4. The Balaban J connectivity index is 5.73. The highest BCUT2D eigenvalue weighted by Crippen LogP contribution is 2.69. The van der Waals surface area contributed by atoms with Crippen molar-refractivity contribution in [3.05, 3.63) is 0 Å². The van der Waals surface area contributed by atoms with E-state index in [1.165, 1.54) is 0 Å². The zero-order chi connectivity index (χ0) is 18.6. The first-order chi connectivity index (χ1) is 11.3. The van der Waals surface area contributed by atoms with Crippen molar-refractivity contribution in [2.24, 2.45) is 0 Å². The molecule has 0 unspecified atom stereocenters. The molecule has 144 valence electrons. The summed E-state index contributed by atoms with van der Waals surface area (Å²) in [5.41, 5.74) is -1.53. The summed E-state index contributed by atoms with van der Waals surface area (Å²) in [6, 6.07) is 0. The fourth-order valence-electron chi connectivity index (χ4n) is 1.85. The zero-order valence-corrected chi connectivity index (χ0v) is 17.2. The summed E-state index contributed by atoms with van der Waals surface area (Å²) < 4.78 is 47.1. The van der Waals surface area contributed by atoms with E-state index in [-0.39, 0.29) is 32.8 Å². The molecule has 1 N–H and O–H groups in total. The fraction of sp³-hybridized carbons (Fsp3) is 0.923. The molecule has 0 saturated carbocycles. The predicted octanol–water partition coefficient (Wildman–Crippen LogP) is 3.94. The molecule has 11 heteroatoms. The molecule has 0 aromatic carbocycles. The Bertz CT molecular complexity index is 414. The average molecular weight is 408 g/mol. The van der Waals surface area contributed by atoms with E-state index in [4.69, 9.17) is 29.7 Å². The van der Waals surface area contributed by atoms with Crippen molar-refractivity contribution in [2.45, 2.75) is 46.1 Å². The third kappa shape index (κ3) is 7.52. The standard InChI is InChI=1S/C13H28ClNO7P2/c1-5-19-23(17,20-6-2)13(15-12(16)10-9-11-14)24(18,21-7-3)22-8-4/h13H,5-11H2,1-4H3,(H,15,16). The highest BCUT2D eigenvalue weighted by atomic mass is 35.5. The van der Waals surface area contributed by atoms with Crippen LogP contribution in [0.4, 0.5) is 0 Å². The summed E-state index contributed by atoms with van der Waals surface area (Å²) in [5, 5.41) is 2.45. The number of hydrogen-bond acceptors (Lipinski definition) is 7. The lowest BCUT2D eigenvalue weighted by atomic mass is 10.3. The molecule has 0 atom stereocenters. The van der Waals surface area contributed by atoms with Crippen molar-refractivity contribution < 1.29 is 32.0 Å². The van der Waals surface area contributed by atoms with E-state index in [0.29, 0.717) is 12.3 Å². The third-order valence-corrected chi connectivity index (χ3v) is 8.56. The van der Waals surface area contributed by atoms with Crippen LogP contribution in [-0.4, -0.2) is 43.7 Å². The Kier molecular flexibility index (Phi) is 12.5. The van der Waals surface area contributed by atoms with E-state index in [1.54, 1.807) is 27.7 Å². The van der Waals surface area contributed by atoms with Crippen molar-refractivity contribution >= 4 is 32.7 Å². The van der Waals surface area contributed by atoms with Crippen LogP contribution in [-0.2, 0) is 32.0 Å². The summed E-state index contributed by atoms with van der Waals surface area (Å²) in [4.78, 5) is 12.1. The first-order valence-corrected chi connectivity index (χ1v) is 11.7. The molecular weight excluding hydrogens is 380 g/mol. The Morgan fingerprint density at radius 2 is 1.29 bits per heavy atom. The number of amides is 1. The normalized spacial score (nSPS) is 12.6. The van der Waals surface area contributed by atoms with Gasteiger partial charge >= 0.3 is 15.2 Å². The Labute approximate surface area is 149 Å². The third-order valence-electron chi connectivity index (χ3n) is 2.66. The largest absolute Gasteiger partial charge is 0.365 e. The highest BCUT2D eigenvalue weighted by molar-refractivity contribution is 7.72. The number of rotatable bonds is 14. The summed E-state index contributed by atoms with van der Waals surface area (Å²) >= 11 is 5.57. The molecule has 24 heavy (non-hydrogen) atoms. The number of alkyl halides is 1. The molecule has 0 aromatic rings. The van der Waals surface area contributed by atoms with Gasteiger partial charge in [0.2, 0.25) is 11.4 Å². The van der Waals surface area contributed by atoms with Crippen molar-refractivity contribution in [1.82, 2.24) is 5.32 Å². The predicted molar refractivity (Wildman–Crippen MR) is 93.6 cm³/mol. The maximum Gasteiger partial charge on any atom is 0.365 e. The minimum absolute atomic E-state index is 0.0452. The number of carbonyl (C=O) groups is 1. The molecule has 0 aliphatic rings. The van der Waals surface area contributed by atoms with Gasteiger partial charge in [0.1, 0.15) is 0 Å². The lowest BCUT2D eigenvalue weighted by Gasteiger charge is -2.31. The van der Waals surface area contributed by atoms with E-state index < -0.39 is 26.6 Å². The molecule has 0 rings (SSSR count). The van der Waals surface area contributed by atoms with E-state index in [1.807, 2.05) is 0 Å². The smallest absolute Gasteiger partial charge is 0.332 e. The van der Waals surface area contributed by atoms with E-state index in [0.717, 1.165) is 0 Å². The quantitative estimate of drug-likeness (QED) is 0.344. The topological polar surface area (TPSA) is 100 Å². The molecule has 0 aliphatic heterocycles. The maximum atomic E-state index is 13.1. The molecule has 0 aliphatic carbocycles. The van der Waals surface area contributed by atoms with Crippen LogP contribution >= 0.6 is 26.8 Å². The van der Waals surface area contributed by atoms with Crippen molar-refractivity contribution in [3.8, 4) is 0 Å². The molecule has 8 nitrogen and oxygen atoms in total. The van der Waals surface area contributed by atoms with E-state index in [2.05, 4.69) is 5.32 Å². The Morgan fingerprint density at radius 1 is 0.917 bits per heavy atom. The van der Waals surface area contributed by atoms with Crippen LogP contribution in [0.3, 0.4) is 0 Å². The Hall–Kier alpha value is 0.0600. The highest BCUT2D eigenvalue weighted by Gasteiger charge is 2.51. The van der Waals surface area contributed by atoms with Gasteiger partial charge in [0.15, 0.2) is 0 Å². The van der Waals surface area contributed by atoms with E-state index in [9.17, 15) is 13.9 Å². The monoisotopic (exact) mass is 407 g/mol. The van der Waals surface area contributed by atoms with Crippen LogP contribution in [0, 0.1) is 0 Å². The second-order valence-corrected chi connectivity index (χ2v) is 9.49. The lowest BCUT2D eigenvalue weighted by Crippen LogP contribution is -2.37. The van der Waals surface area contributed by atoms with Gasteiger partial charge in [-0.1, -0.05) is 0 Å². The molecule has 0 heterocycles. The summed E-state index contributed by atoms with van der Waals surface area (Å²) in [6.45, 7) is 6.64. The molecule has 0 aromatic heterocycles. The van der Waals surface area contributed by atoms with Gasteiger partial charge in [-0.2, -0.15) is 0 Å². The molecule has 0 radical (unpaired) electrons. The molecular formula is C13H28ClNO7P2. The van der Waals surface area contributed by atoms with Crippen molar-refractivity contribution in [2.75, 3.05) is 32.3 Å². The lowest BCUT2D eigenvalue weighted by molar-refractivity contribution is -0.121. The minimum atomic E-state index is -3.97. The number of carbonyl (C=O) groups excluding carboxylic acids is 1. The van der Waals surface area contributed by atoms with Gasteiger partial charge in [-0.25, -0.2) is 0 Å². The van der Waals surface area contributed by atoms with Crippen LogP contribution in [0.5, 0.6) is 0 Å². The molecule has 0 bridgehead atoms. The molecule has 0 saturated heterocycles. The van der Waals surface area contributed by atoms with Gasteiger partial charge in [0.05, 0.1) is 26.4 Å². The van der Waals surface area contributed by atoms with Crippen LogP contribution in [0.1, 0.15) is 40.5 Å². The first-order valence-electron chi connectivity index (χ1n) is 7.96. The van der Waals surface area contributed by atoms with Crippen molar-refractivity contribution in [3.63, 3.8) is 0 Å². The number of hydrogen-bond donors (Lipinski definition) is 1. The number of halogens is 1. The van der Waals surface area contributed by atoms with Crippen LogP contribution in [0.2, 0.25) is 0 Å².